The van der Waals surface area contributed by atoms with Crippen molar-refractivity contribution in [1.29, 1.82) is 0 Å². The highest BCUT2D eigenvalue weighted by atomic mass is 16.6. The second-order valence-electron chi connectivity index (χ2n) is 7.40. The van der Waals surface area contributed by atoms with E-state index in [1.54, 1.807) is 36.4 Å². The SMILES string of the molecule is C=CC(=O)OC(=O)[C@@]1(c2ccccc2Oc2cccc(OC(C)C)c2)NCCC1OC. The average molecular weight is 425 g/mol. The molecule has 2 aromatic rings. The van der Waals surface area contributed by atoms with Crippen LogP contribution in [0, 0.1) is 0 Å². The number of hydrogen-bond donors (Lipinski definition) is 1. The van der Waals surface area contributed by atoms with Gasteiger partial charge in [0.25, 0.3) is 0 Å². The van der Waals surface area contributed by atoms with E-state index in [0.29, 0.717) is 35.8 Å². The predicted octanol–water partition coefficient (Wildman–Crippen LogP) is 3.73. The van der Waals surface area contributed by atoms with Crippen molar-refractivity contribution >= 4 is 11.9 Å². The Morgan fingerprint density at radius 1 is 1.16 bits per heavy atom. The summed E-state index contributed by atoms with van der Waals surface area (Å²) in [6.45, 7) is 7.75. The molecular formula is C24H27NO6. The summed E-state index contributed by atoms with van der Waals surface area (Å²) in [7, 11) is 1.52. The minimum Gasteiger partial charge on any atom is -0.491 e. The first-order valence-corrected chi connectivity index (χ1v) is 10.1. The molecule has 0 spiro atoms. The maximum atomic E-state index is 13.2. The molecule has 0 bridgehead atoms. The summed E-state index contributed by atoms with van der Waals surface area (Å²) in [6, 6.07) is 14.4. The van der Waals surface area contributed by atoms with Gasteiger partial charge in [-0.2, -0.15) is 0 Å². The van der Waals surface area contributed by atoms with Crippen LogP contribution in [0.15, 0.2) is 61.2 Å². The minimum atomic E-state index is -1.41. The molecule has 0 amide bonds. The third-order valence-electron chi connectivity index (χ3n) is 4.98. The molecule has 31 heavy (non-hydrogen) atoms. The molecule has 1 N–H and O–H groups in total. The van der Waals surface area contributed by atoms with E-state index >= 15 is 0 Å². The summed E-state index contributed by atoms with van der Waals surface area (Å²) < 4.78 is 22.5. The van der Waals surface area contributed by atoms with Crippen LogP contribution in [0.25, 0.3) is 0 Å². The summed E-state index contributed by atoms with van der Waals surface area (Å²) in [5.74, 6) is 0.0518. The van der Waals surface area contributed by atoms with Gasteiger partial charge in [-0.15, -0.1) is 0 Å². The van der Waals surface area contributed by atoms with Crippen LogP contribution in [0.3, 0.4) is 0 Å². The molecule has 1 saturated heterocycles. The second kappa shape index (κ2) is 9.76. The maximum absolute atomic E-state index is 13.2. The Balaban J connectivity index is 2.02. The fourth-order valence-corrected chi connectivity index (χ4v) is 3.71. The number of para-hydroxylation sites is 1. The van der Waals surface area contributed by atoms with Crippen LogP contribution < -0.4 is 14.8 Å². The van der Waals surface area contributed by atoms with Gasteiger partial charge in [-0.25, -0.2) is 9.59 Å². The highest BCUT2D eigenvalue weighted by molar-refractivity contribution is 5.97. The molecule has 1 aliphatic rings. The summed E-state index contributed by atoms with van der Waals surface area (Å²) in [5.41, 5.74) is -0.896. The number of carbonyl (C=O) groups excluding carboxylic acids is 2. The molecule has 1 fully saturated rings. The number of nitrogens with one attached hydrogen (secondary N) is 1. The van der Waals surface area contributed by atoms with E-state index in [1.165, 1.54) is 7.11 Å². The first kappa shape index (κ1) is 22.5. The first-order valence-electron chi connectivity index (χ1n) is 10.1. The predicted molar refractivity (Wildman–Crippen MR) is 115 cm³/mol. The van der Waals surface area contributed by atoms with Crippen molar-refractivity contribution in [2.24, 2.45) is 0 Å². The van der Waals surface area contributed by atoms with Crippen LogP contribution in [0.1, 0.15) is 25.8 Å². The number of carbonyl (C=O) groups is 2. The lowest BCUT2D eigenvalue weighted by Gasteiger charge is -2.33. The van der Waals surface area contributed by atoms with E-state index in [4.69, 9.17) is 18.9 Å². The van der Waals surface area contributed by atoms with Gasteiger partial charge in [0.2, 0.25) is 0 Å². The third-order valence-corrected chi connectivity index (χ3v) is 4.98. The van der Waals surface area contributed by atoms with Crippen molar-refractivity contribution in [1.82, 2.24) is 5.32 Å². The molecule has 7 heteroatoms. The van der Waals surface area contributed by atoms with Gasteiger partial charge < -0.3 is 18.9 Å². The summed E-state index contributed by atoms with van der Waals surface area (Å²) in [4.78, 5) is 25.0. The molecule has 1 unspecified atom stereocenters. The highest BCUT2D eigenvalue weighted by Crippen LogP contribution is 2.41. The van der Waals surface area contributed by atoms with Crippen molar-refractivity contribution in [2.75, 3.05) is 13.7 Å². The molecule has 7 nitrogen and oxygen atoms in total. The molecule has 0 aliphatic carbocycles. The van der Waals surface area contributed by atoms with Gasteiger partial charge in [0.05, 0.1) is 12.2 Å². The zero-order chi connectivity index (χ0) is 22.4. The molecule has 2 aromatic carbocycles. The van der Waals surface area contributed by atoms with Gasteiger partial charge in [0.15, 0.2) is 5.54 Å². The van der Waals surface area contributed by atoms with Crippen molar-refractivity contribution in [3.63, 3.8) is 0 Å². The number of methoxy groups -OCH3 is 1. The number of hydrogen-bond acceptors (Lipinski definition) is 7. The fourth-order valence-electron chi connectivity index (χ4n) is 3.71. The number of ether oxygens (including phenoxy) is 4. The number of esters is 2. The standard InChI is InChI=1S/C24H27NO6/c1-5-22(26)31-23(27)24(21(28-4)13-14-25-24)19-11-6-7-12-20(19)30-18-10-8-9-17(15-18)29-16(2)3/h5-12,15-16,21,25H,1,13-14H2,2-4H3/t21?,24-/m0/s1. The van der Waals surface area contributed by atoms with Gasteiger partial charge in [-0.3, -0.25) is 5.32 Å². The van der Waals surface area contributed by atoms with Crippen molar-refractivity contribution in [3.8, 4) is 17.2 Å². The summed E-state index contributed by atoms with van der Waals surface area (Å²) in [6.07, 6.45) is 0.969. The first-order chi connectivity index (χ1) is 14.9. The van der Waals surface area contributed by atoms with E-state index in [0.717, 1.165) is 6.08 Å². The van der Waals surface area contributed by atoms with Crippen LogP contribution in [0.4, 0.5) is 0 Å². The lowest BCUT2D eigenvalue weighted by Crippen LogP contribution is -2.53. The van der Waals surface area contributed by atoms with Gasteiger partial charge in [-0.1, -0.05) is 30.8 Å². The zero-order valence-corrected chi connectivity index (χ0v) is 17.9. The van der Waals surface area contributed by atoms with E-state index in [1.807, 2.05) is 26.0 Å². The van der Waals surface area contributed by atoms with E-state index in [-0.39, 0.29) is 6.10 Å². The lowest BCUT2D eigenvalue weighted by molar-refractivity contribution is -0.165. The van der Waals surface area contributed by atoms with Crippen molar-refractivity contribution in [3.05, 3.63) is 66.7 Å². The smallest absolute Gasteiger partial charge is 0.341 e. The van der Waals surface area contributed by atoms with Crippen molar-refractivity contribution in [2.45, 2.75) is 38.0 Å². The topological polar surface area (TPSA) is 83.1 Å². The normalized spacial score (nSPS) is 20.3. The molecule has 0 radical (unpaired) electrons. The minimum absolute atomic E-state index is 0.0214. The molecule has 1 aliphatic heterocycles. The Bertz CT molecular complexity index is 957. The molecule has 3 rings (SSSR count). The van der Waals surface area contributed by atoms with Gasteiger partial charge >= 0.3 is 11.9 Å². The number of benzene rings is 2. The van der Waals surface area contributed by atoms with E-state index in [9.17, 15) is 9.59 Å². The Morgan fingerprint density at radius 3 is 2.61 bits per heavy atom. The Morgan fingerprint density at radius 2 is 1.90 bits per heavy atom. The summed E-state index contributed by atoms with van der Waals surface area (Å²) in [5, 5.41) is 3.19. The number of rotatable bonds is 8. The molecule has 1 heterocycles. The highest BCUT2D eigenvalue weighted by Gasteiger charge is 2.54. The summed E-state index contributed by atoms with van der Waals surface area (Å²) >= 11 is 0. The van der Waals surface area contributed by atoms with E-state index in [2.05, 4.69) is 11.9 Å². The molecule has 0 aromatic heterocycles. The van der Waals surface area contributed by atoms with Gasteiger partial charge in [0.1, 0.15) is 17.2 Å². The monoisotopic (exact) mass is 425 g/mol. The maximum Gasteiger partial charge on any atom is 0.341 e. The van der Waals surface area contributed by atoms with Crippen molar-refractivity contribution < 1.29 is 28.5 Å². The molecule has 0 saturated carbocycles. The van der Waals surface area contributed by atoms with Crippen LogP contribution in [0.2, 0.25) is 0 Å². The van der Waals surface area contributed by atoms with Crippen LogP contribution in [0.5, 0.6) is 17.2 Å². The third kappa shape index (κ3) is 4.78. The van der Waals surface area contributed by atoms with E-state index < -0.39 is 23.6 Å². The Kier molecular flexibility index (Phi) is 7.09. The van der Waals surface area contributed by atoms with Crippen LogP contribution >= 0.6 is 0 Å². The molecular weight excluding hydrogens is 398 g/mol. The largest absolute Gasteiger partial charge is 0.491 e. The second-order valence-corrected chi connectivity index (χ2v) is 7.40. The zero-order valence-electron chi connectivity index (χ0n) is 17.9. The molecule has 2 atom stereocenters. The van der Waals surface area contributed by atoms with Gasteiger partial charge in [-0.05, 0) is 45.0 Å². The average Bonchev–Trinajstić information content (AvgIpc) is 3.19. The molecule has 164 valence electrons. The van der Waals surface area contributed by atoms with Crippen LogP contribution in [-0.4, -0.2) is 37.8 Å². The fraction of sp³-hybridized carbons (Fsp3) is 0.333. The van der Waals surface area contributed by atoms with Gasteiger partial charge in [0, 0.05) is 24.8 Å². The Hall–Kier alpha value is -3.16. The quantitative estimate of drug-likeness (QED) is 0.392. The Labute approximate surface area is 181 Å². The van der Waals surface area contributed by atoms with Crippen LogP contribution in [-0.2, 0) is 24.6 Å². The lowest BCUT2D eigenvalue weighted by atomic mass is 9.85.